The summed E-state index contributed by atoms with van der Waals surface area (Å²) in [5.41, 5.74) is 6.64. The zero-order valence-corrected chi connectivity index (χ0v) is 12.6. The van der Waals surface area contributed by atoms with E-state index in [0.29, 0.717) is 36.9 Å². The quantitative estimate of drug-likeness (QED) is 0.830. The van der Waals surface area contributed by atoms with Crippen LogP contribution in [-0.2, 0) is 4.74 Å². The van der Waals surface area contributed by atoms with Crippen molar-refractivity contribution in [2.24, 2.45) is 0 Å². The minimum atomic E-state index is -0.0362. The number of thiophene rings is 1. The zero-order chi connectivity index (χ0) is 14.5. The van der Waals surface area contributed by atoms with Crippen molar-refractivity contribution < 1.29 is 9.53 Å². The summed E-state index contributed by atoms with van der Waals surface area (Å²) in [4.78, 5) is 18.9. The molecule has 2 aromatic heterocycles. The smallest absolute Gasteiger partial charge is 0.266 e. The lowest BCUT2D eigenvalue weighted by Gasteiger charge is -2.20. The van der Waals surface area contributed by atoms with Gasteiger partial charge in [0.05, 0.1) is 17.0 Å². The van der Waals surface area contributed by atoms with Gasteiger partial charge in [-0.3, -0.25) is 9.78 Å². The number of nitrogens with zero attached hydrogens (tertiary/aromatic N) is 2. The van der Waals surface area contributed by atoms with Crippen molar-refractivity contribution in [3.8, 4) is 0 Å². The fraction of sp³-hybridized carbons (Fsp3) is 0.429. The maximum absolute atomic E-state index is 12.5. The highest BCUT2D eigenvalue weighted by molar-refractivity contribution is 7.21. The average Bonchev–Trinajstić information content (AvgIpc) is 2.81. The van der Waals surface area contributed by atoms with Gasteiger partial charge in [0.2, 0.25) is 0 Å². The summed E-state index contributed by atoms with van der Waals surface area (Å²) in [5, 5.41) is 0.897. The first kappa shape index (κ1) is 14.7. The number of nitrogen functional groups attached to an aromatic ring is 1. The Labute approximate surface area is 122 Å². The van der Waals surface area contributed by atoms with E-state index in [-0.39, 0.29) is 5.91 Å². The molecule has 2 aromatic rings. The Morgan fingerprint density at radius 2 is 2.30 bits per heavy atom. The van der Waals surface area contributed by atoms with E-state index in [2.05, 4.69) is 4.98 Å². The molecular formula is C14H19N3O2S. The molecule has 0 spiro atoms. The van der Waals surface area contributed by atoms with Crippen LogP contribution in [0.3, 0.4) is 0 Å². The molecule has 0 aliphatic heterocycles. The second-order valence-electron chi connectivity index (χ2n) is 4.30. The predicted octanol–water partition coefficient (Wildman–Crippen LogP) is 2.38. The van der Waals surface area contributed by atoms with Gasteiger partial charge in [-0.05, 0) is 19.9 Å². The molecule has 0 saturated heterocycles. The van der Waals surface area contributed by atoms with Gasteiger partial charge in [-0.25, -0.2) is 0 Å². The average molecular weight is 293 g/mol. The standard InChI is InChI=1S/C14H19N3O2S/c1-3-17(7-8-19-4-2)14(18)13-12(15)10-5-6-16-9-11(10)20-13/h5-6,9H,3-4,7-8,15H2,1-2H3. The Balaban J connectivity index is 2.23. The van der Waals surface area contributed by atoms with Crippen molar-refractivity contribution in [2.45, 2.75) is 13.8 Å². The van der Waals surface area contributed by atoms with Crippen molar-refractivity contribution in [1.82, 2.24) is 9.88 Å². The summed E-state index contributed by atoms with van der Waals surface area (Å²) in [5.74, 6) is -0.0362. The number of carbonyl (C=O) groups is 1. The van der Waals surface area contributed by atoms with Crippen molar-refractivity contribution in [3.63, 3.8) is 0 Å². The molecule has 0 aromatic carbocycles. The highest BCUT2D eigenvalue weighted by atomic mass is 32.1. The molecular weight excluding hydrogens is 274 g/mol. The fourth-order valence-corrected chi connectivity index (χ4v) is 3.05. The second-order valence-corrected chi connectivity index (χ2v) is 5.35. The molecule has 0 fully saturated rings. The summed E-state index contributed by atoms with van der Waals surface area (Å²) < 4.78 is 6.25. The molecule has 20 heavy (non-hydrogen) atoms. The van der Waals surface area contributed by atoms with Crippen molar-refractivity contribution in [2.75, 3.05) is 32.0 Å². The lowest BCUT2D eigenvalue weighted by Crippen LogP contribution is -2.33. The van der Waals surface area contributed by atoms with Crippen LogP contribution in [0.5, 0.6) is 0 Å². The minimum absolute atomic E-state index is 0.0362. The third-order valence-corrected chi connectivity index (χ3v) is 4.25. The number of fused-ring (bicyclic) bond motifs is 1. The van der Waals surface area contributed by atoms with E-state index in [1.165, 1.54) is 11.3 Å². The van der Waals surface area contributed by atoms with Gasteiger partial charge in [0, 0.05) is 37.5 Å². The maximum atomic E-state index is 12.5. The summed E-state index contributed by atoms with van der Waals surface area (Å²) >= 11 is 1.40. The Hall–Kier alpha value is -1.66. The van der Waals surface area contributed by atoms with E-state index in [9.17, 15) is 4.79 Å². The number of rotatable bonds is 6. The van der Waals surface area contributed by atoms with Crippen LogP contribution in [-0.4, -0.2) is 42.1 Å². The van der Waals surface area contributed by atoms with E-state index in [4.69, 9.17) is 10.5 Å². The van der Waals surface area contributed by atoms with Gasteiger partial charge in [0.15, 0.2) is 0 Å². The van der Waals surface area contributed by atoms with Crippen LogP contribution in [0, 0.1) is 0 Å². The fourth-order valence-electron chi connectivity index (χ4n) is 2.00. The molecule has 5 nitrogen and oxygen atoms in total. The predicted molar refractivity (Wildman–Crippen MR) is 82.1 cm³/mol. The second kappa shape index (κ2) is 6.67. The van der Waals surface area contributed by atoms with Crippen LogP contribution < -0.4 is 5.73 Å². The van der Waals surface area contributed by atoms with E-state index in [0.717, 1.165) is 10.1 Å². The number of hydrogen-bond donors (Lipinski definition) is 1. The first-order valence-electron chi connectivity index (χ1n) is 6.68. The molecule has 2 rings (SSSR count). The molecule has 2 heterocycles. The van der Waals surface area contributed by atoms with Gasteiger partial charge in [-0.2, -0.15) is 0 Å². The molecule has 0 bridgehead atoms. The number of pyridine rings is 1. The van der Waals surface area contributed by atoms with Crippen LogP contribution in [0.25, 0.3) is 10.1 Å². The number of aromatic nitrogens is 1. The molecule has 6 heteroatoms. The summed E-state index contributed by atoms with van der Waals surface area (Å²) in [6.45, 7) is 6.31. The molecule has 0 saturated carbocycles. The molecule has 2 N–H and O–H groups in total. The summed E-state index contributed by atoms with van der Waals surface area (Å²) in [7, 11) is 0. The van der Waals surface area contributed by atoms with Crippen molar-refractivity contribution in [1.29, 1.82) is 0 Å². The molecule has 0 aliphatic rings. The lowest BCUT2D eigenvalue weighted by molar-refractivity contribution is 0.0674. The monoisotopic (exact) mass is 293 g/mol. The SMILES string of the molecule is CCOCCN(CC)C(=O)c1sc2cnccc2c1N. The first-order valence-corrected chi connectivity index (χ1v) is 7.49. The number of likely N-dealkylation sites (N-methyl/N-ethyl adjacent to an activating group) is 1. The van der Waals surface area contributed by atoms with E-state index in [1.54, 1.807) is 17.3 Å². The first-order chi connectivity index (χ1) is 9.69. The zero-order valence-electron chi connectivity index (χ0n) is 11.8. The highest BCUT2D eigenvalue weighted by Gasteiger charge is 2.20. The number of ether oxygens (including phenoxy) is 1. The highest BCUT2D eigenvalue weighted by Crippen LogP contribution is 2.33. The maximum Gasteiger partial charge on any atom is 0.266 e. The number of carbonyl (C=O) groups excluding carboxylic acids is 1. The Bertz CT molecular complexity index is 597. The van der Waals surface area contributed by atoms with Gasteiger partial charge >= 0.3 is 0 Å². The molecule has 0 radical (unpaired) electrons. The van der Waals surface area contributed by atoms with Crippen LogP contribution >= 0.6 is 11.3 Å². The Morgan fingerprint density at radius 1 is 1.50 bits per heavy atom. The largest absolute Gasteiger partial charge is 0.397 e. The van der Waals surface area contributed by atoms with Gasteiger partial charge in [-0.15, -0.1) is 11.3 Å². The van der Waals surface area contributed by atoms with Crippen LogP contribution in [0.4, 0.5) is 5.69 Å². The van der Waals surface area contributed by atoms with Crippen molar-refractivity contribution in [3.05, 3.63) is 23.3 Å². The normalized spacial score (nSPS) is 10.9. The van der Waals surface area contributed by atoms with Crippen molar-refractivity contribution >= 4 is 33.0 Å². The topological polar surface area (TPSA) is 68.5 Å². The lowest BCUT2D eigenvalue weighted by atomic mass is 10.2. The third kappa shape index (κ3) is 2.91. The summed E-state index contributed by atoms with van der Waals surface area (Å²) in [6.07, 6.45) is 3.43. The molecule has 0 unspecified atom stereocenters. The number of hydrogen-bond acceptors (Lipinski definition) is 5. The molecule has 108 valence electrons. The number of nitrogens with two attached hydrogens (primary N) is 1. The molecule has 0 atom stereocenters. The van der Waals surface area contributed by atoms with Gasteiger partial charge in [0.25, 0.3) is 5.91 Å². The molecule has 1 amide bonds. The Kier molecular flexibility index (Phi) is 4.92. The van der Waals surface area contributed by atoms with Gasteiger partial charge in [-0.1, -0.05) is 0 Å². The van der Waals surface area contributed by atoms with E-state index >= 15 is 0 Å². The number of amides is 1. The van der Waals surface area contributed by atoms with Gasteiger partial charge in [0.1, 0.15) is 4.88 Å². The number of anilines is 1. The van der Waals surface area contributed by atoms with Crippen LogP contribution in [0.1, 0.15) is 23.5 Å². The molecule has 0 aliphatic carbocycles. The van der Waals surface area contributed by atoms with Gasteiger partial charge < -0.3 is 15.4 Å². The minimum Gasteiger partial charge on any atom is -0.397 e. The Morgan fingerprint density at radius 3 is 2.95 bits per heavy atom. The summed E-state index contributed by atoms with van der Waals surface area (Å²) in [6, 6.07) is 1.84. The van der Waals surface area contributed by atoms with E-state index < -0.39 is 0 Å². The van der Waals surface area contributed by atoms with Crippen LogP contribution in [0.15, 0.2) is 18.5 Å². The van der Waals surface area contributed by atoms with E-state index in [1.807, 2.05) is 19.9 Å². The third-order valence-electron chi connectivity index (χ3n) is 3.10. The van der Waals surface area contributed by atoms with Crippen LogP contribution in [0.2, 0.25) is 0 Å².